The van der Waals surface area contributed by atoms with Crippen molar-refractivity contribution in [3.63, 3.8) is 0 Å². The first kappa shape index (κ1) is 23.2. The summed E-state index contributed by atoms with van der Waals surface area (Å²) in [7, 11) is -2.01. The number of benzene rings is 1. The molecule has 0 N–H and O–H groups in total. The van der Waals surface area contributed by atoms with Gasteiger partial charge in [-0.25, -0.2) is 23.4 Å². The fourth-order valence-electron chi connectivity index (χ4n) is 4.12. The van der Waals surface area contributed by atoms with Gasteiger partial charge in [0.25, 0.3) is 0 Å². The van der Waals surface area contributed by atoms with E-state index in [1.807, 2.05) is 45.3 Å². The van der Waals surface area contributed by atoms with Crippen LogP contribution < -0.4 is 9.64 Å². The maximum atomic E-state index is 13.4. The van der Waals surface area contributed by atoms with Crippen LogP contribution in [-0.2, 0) is 10.0 Å². The molecule has 1 saturated heterocycles. The summed E-state index contributed by atoms with van der Waals surface area (Å²) in [6.07, 6.45) is 1.76. The number of hydrogen-bond donors (Lipinski definition) is 0. The van der Waals surface area contributed by atoms with Crippen molar-refractivity contribution >= 4 is 15.8 Å². The summed E-state index contributed by atoms with van der Waals surface area (Å²) in [4.78, 5) is 16.0. The van der Waals surface area contributed by atoms with Crippen LogP contribution in [0.2, 0.25) is 0 Å². The van der Waals surface area contributed by atoms with Gasteiger partial charge in [0.1, 0.15) is 29.5 Å². The number of methoxy groups -OCH3 is 1. The number of sulfonamides is 1. The van der Waals surface area contributed by atoms with E-state index in [9.17, 15) is 8.42 Å². The Bertz CT molecular complexity index is 1290. The van der Waals surface area contributed by atoms with E-state index in [0.29, 0.717) is 42.6 Å². The third-order valence-electron chi connectivity index (χ3n) is 6.40. The van der Waals surface area contributed by atoms with Crippen LogP contribution in [0.25, 0.3) is 5.82 Å². The predicted molar refractivity (Wildman–Crippen MR) is 127 cm³/mol. The molecule has 1 fully saturated rings. The highest BCUT2D eigenvalue weighted by atomic mass is 32.2. The molecule has 0 radical (unpaired) electrons. The maximum Gasteiger partial charge on any atom is 0.243 e. The number of rotatable bonds is 5. The van der Waals surface area contributed by atoms with Crippen LogP contribution in [0.5, 0.6) is 5.75 Å². The Balaban J connectivity index is 1.55. The summed E-state index contributed by atoms with van der Waals surface area (Å²) < 4.78 is 35.6. The van der Waals surface area contributed by atoms with Gasteiger partial charge in [-0.3, -0.25) is 4.57 Å². The zero-order valence-corrected chi connectivity index (χ0v) is 20.8. The van der Waals surface area contributed by atoms with Crippen LogP contribution in [0, 0.1) is 34.6 Å². The average Bonchev–Trinajstić information content (AvgIpc) is 3.13. The van der Waals surface area contributed by atoms with Crippen molar-refractivity contribution < 1.29 is 13.2 Å². The van der Waals surface area contributed by atoms with E-state index in [0.717, 1.165) is 34.2 Å². The topological polar surface area (TPSA) is 93.5 Å². The van der Waals surface area contributed by atoms with Gasteiger partial charge >= 0.3 is 0 Å². The summed E-state index contributed by atoms with van der Waals surface area (Å²) in [5.41, 5.74) is 3.54. The normalized spacial score (nSPS) is 15.2. The summed E-state index contributed by atoms with van der Waals surface area (Å²) in [6, 6.07) is 5.29. The molecule has 0 spiro atoms. The highest BCUT2D eigenvalue weighted by Crippen LogP contribution is 2.29. The van der Waals surface area contributed by atoms with Gasteiger partial charge in [0.15, 0.2) is 0 Å². The van der Waals surface area contributed by atoms with E-state index in [2.05, 4.69) is 19.9 Å². The van der Waals surface area contributed by atoms with E-state index >= 15 is 0 Å². The molecule has 4 rings (SSSR count). The molecule has 0 amide bonds. The first-order valence-corrected chi connectivity index (χ1v) is 12.3. The number of aromatic nitrogens is 4. The molecule has 2 aromatic heterocycles. The third kappa shape index (κ3) is 4.20. The van der Waals surface area contributed by atoms with E-state index in [-0.39, 0.29) is 0 Å². The third-order valence-corrected chi connectivity index (χ3v) is 8.44. The van der Waals surface area contributed by atoms with Gasteiger partial charge in [-0.05, 0) is 57.9 Å². The smallest absolute Gasteiger partial charge is 0.243 e. The highest BCUT2D eigenvalue weighted by Gasteiger charge is 2.31. The van der Waals surface area contributed by atoms with Crippen molar-refractivity contribution in [2.24, 2.45) is 0 Å². The molecule has 0 bridgehead atoms. The van der Waals surface area contributed by atoms with Gasteiger partial charge < -0.3 is 9.64 Å². The first-order valence-electron chi connectivity index (χ1n) is 10.9. The van der Waals surface area contributed by atoms with Crippen LogP contribution in [0.4, 0.5) is 5.82 Å². The molecule has 176 valence electrons. The first-order chi connectivity index (χ1) is 15.6. The van der Waals surface area contributed by atoms with Crippen molar-refractivity contribution in [3.8, 4) is 11.6 Å². The van der Waals surface area contributed by atoms with Gasteiger partial charge in [-0.15, -0.1) is 0 Å². The van der Waals surface area contributed by atoms with Crippen molar-refractivity contribution in [1.29, 1.82) is 0 Å². The molecule has 0 saturated carbocycles. The maximum absolute atomic E-state index is 13.4. The van der Waals surface area contributed by atoms with Crippen molar-refractivity contribution in [2.75, 3.05) is 38.2 Å². The van der Waals surface area contributed by atoms with E-state index in [4.69, 9.17) is 4.74 Å². The minimum Gasteiger partial charge on any atom is -0.496 e. The second-order valence-corrected chi connectivity index (χ2v) is 10.2. The van der Waals surface area contributed by atoms with Gasteiger partial charge in [-0.2, -0.15) is 4.31 Å². The zero-order chi connectivity index (χ0) is 23.9. The van der Waals surface area contributed by atoms with Crippen molar-refractivity contribution in [3.05, 3.63) is 52.9 Å². The Labute approximate surface area is 195 Å². The van der Waals surface area contributed by atoms with Crippen LogP contribution in [-0.4, -0.2) is 65.5 Å². The van der Waals surface area contributed by atoms with Gasteiger partial charge in [-0.1, -0.05) is 0 Å². The van der Waals surface area contributed by atoms with Crippen LogP contribution in [0.15, 0.2) is 29.4 Å². The fraction of sp³-hybridized carbons (Fsp3) is 0.435. The number of imidazole rings is 1. The molecule has 0 aliphatic carbocycles. The monoisotopic (exact) mass is 470 g/mol. The Morgan fingerprint density at radius 1 is 0.909 bits per heavy atom. The molecular weight excluding hydrogens is 440 g/mol. The van der Waals surface area contributed by atoms with Crippen molar-refractivity contribution in [2.45, 2.75) is 39.5 Å². The van der Waals surface area contributed by atoms with Crippen molar-refractivity contribution in [1.82, 2.24) is 23.8 Å². The molecule has 0 unspecified atom stereocenters. The van der Waals surface area contributed by atoms with Gasteiger partial charge in [0.2, 0.25) is 10.0 Å². The summed E-state index contributed by atoms with van der Waals surface area (Å²) in [5, 5.41) is 0. The zero-order valence-electron chi connectivity index (χ0n) is 20.0. The molecule has 33 heavy (non-hydrogen) atoms. The molecule has 3 aromatic rings. The van der Waals surface area contributed by atoms with E-state index in [1.165, 1.54) is 0 Å². The lowest BCUT2D eigenvalue weighted by Gasteiger charge is -2.35. The number of nitrogens with zero attached hydrogens (tertiary/aromatic N) is 6. The fourth-order valence-corrected chi connectivity index (χ4v) is 5.82. The molecule has 3 heterocycles. The van der Waals surface area contributed by atoms with Crippen LogP contribution >= 0.6 is 0 Å². The molecular formula is C23H30N6O3S. The lowest BCUT2D eigenvalue weighted by atomic mass is 10.1. The molecule has 1 aliphatic rings. The summed E-state index contributed by atoms with van der Waals surface area (Å²) in [5.74, 6) is 2.90. The molecule has 1 aliphatic heterocycles. The Kier molecular flexibility index (Phi) is 6.15. The predicted octanol–water partition coefficient (Wildman–Crippen LogP) is 2.72. The standard InChI is InChI=1S/C23H30N6O3S/c1-15-16(2)21(8-7-20(15)32-6)33(30,31)28-11-9-27(10-12-28)22-13-23(26-19(5)25-22)29-14-24-17(3)18(29)4/h7-8,13-14H,9-12H2,1-6H3. The number of aryl methyl sites for hydroxylation is 2. The highest BCUT2D eigenvalue weighted by molar-refractivity contribution is 7.89. The number of ether oxygens (including phenoxy) is 1. The lowest BCUT2D eigenvalue weighted by Crippen LogP contribution is -2.49. The van der Waals surface area contributed by atoms with Gasteiger partial charge in [0, 0.05) is 37.9 Å². The van der Waals surface area contributed by atoms with Crippen LogP contribution in [0.3, 0.4) is 0 Å². The minimum atomic E-state index is -3.60. The molecule has 9 nitrogen and oxygen atoms in total. The Morgan fingerprint density at radius 3 is 2.18 bits per heavy atom. The quantitative estimate of drug-likeness (QED) is 0.566. The SMILES string of the molecule is COc1ccc(S(=O)(=O)N2CCN(c3cc(-n4cnc(C)c4C)nc(C)n3)CC2)c(C)c1C. The van der Waals surface area contributed by atoms with E-state index < -0.39 is 10.0 Å². The second-order valence-electron chi connectivity index (χ2n) is 8.32. The second kappa shape index (κ2) is 8.75. The minimum absolute atomic E-state index is 0.334. The number of anilines is 1. The van der Waals surface area contributed by atoms with Crippen LogP contribution in [0.1, 0.15) is 28.3 Å². The summed E-state index contributed by atoms with van der Waals surface area (Å²) >= 11 is 0. The number of hydrogen-bond acceptors (Lipinski definition) is 7. The Morgan fingerprint density at radius 2 is 1.58 bits per heavy atom. The molecule has 0 atom stereocenters. The lowest BCUT2D eigenvalue weighted by molar-refractivity contribution is 0.383. The van der Waals surface area contributed by atoms with Gasteiger partial charge in [0.05, 0.1) is 17.7 Å². The average molecular weight is 471 g/mol. The Hall–Kier alpha value is -2.98. The van der Waals surface area contributed by atoms with E-state index in [1.54, 1.807) is 29.9 Å². The summed E-state index contributed by atoms with van der Waals surface area (Å²) in [6.45, 7) is 11.4. The molecule has 1 aromatic carbocycles. The molecule has 10 heteroatoms. The largest absolute Gasteiger partial charge is 0.496 e. The number of piperazine rings is 1.